The predicted octanol–water partition coefficient (Wildman–Crippen LogP) is 5.44. The zero-order valence-electron chi connectivity index (χ0n) is 19.9. The average molecular weight is 487 g/mol. The number of nitrogens with one attached hydrogen (secondary N) is 1. The summed E-state index contributed by atoms with van der Waals surface area (Å²) in [4.78, 5) is 20.3. The van der Waals surface area contributed by atoms with Crippen LogP contribution < -0.4 is 10.1 Å². The minimum atomic E-state index is -0.495. The molecule has 36 heavy (non-hydrogen) atoms. The molecule has 1 fully saturated rings. The van der Waals surface area contributed by atoms with Gasteiger partial charge in [-0.25, -0.2) is 4.39 Å². The van der Waals surface area contributed by atoms with Gasteiger partial charge in [0.05, 0.1) is 13.0 Å². The summed E-state index contributed by atoms with van der Waals surface area (Å²) in [5.41, 5.74) is 2.15. The smallest absolute Gasteiger partial charge is 0.246 e. The van der Waals surface area contributed by atoms with E-state index in [1.807, 2.05) is 48.5 Å². The van der Waals surface area contributed by atoms with Crippen LogP contribution in [0, 0.1) is 5.82 Å². The number of piperidine rings is 1. The topological polar surface area (TPSA) is 80.5 Å². The Labute approximate surface area is 208 Å². The number of methoxy groups -OCH3 is 1. The number of rotatable bonds is 7. The van der Waals surface area contributed by atoms with Crippen molar-refractivity contribution < 1.29 is 18.4 Å². The maximum Gasteiger partial charge on any atom is 0.246 e. The molecule has 2 unspecified atom stereocenters. The molecule has 8 heteroatoms. The lowest BCUT2D eigenvalue weighted by Gasteiger charge is -2.36. The molecule has 1 saturated heterocycles. The molecule has 1 N–H and O–H groups in total. The SMILES string of the molecule is COc1cccc(NC(=O)C(c2ccccc2)N2CCCC(c3nc(-c4cccc(F)c4)no3)C2)c1. The Balaban J connectivity index is 1.38. The number of likely N-dealkylation sites (tertiary alicyclic amines) is 1. The van der Waals surface area contributed by atoms with E-state index in [-0.39, 0.29) is 17.6 Å². The number of benzene rings is 3. The average Bonchev–Trinajstić information content (AvgIpc) is 3.40. The second-order valence-electron chi connectivity index (χ2n) is 8.84. The highest BCUT2D eigenvalue weighted by atomic mass is 19.1. The maximum atomic E-state index is 13.7. The Morgan fingerprint density at radius 3 is 2.75 bits per heavy atom. The molecule has 0 radical (unpaired) electrons. The summed E-state index contributed by atoms with van der Waals surface area (Å²) in [6.45, 7) is 1.34. The first-order valence-electron chi connectivity index (χ1n) is 11.9. The standard InChI is InChI=1S/C28H27FN4O3/c1-35-24-14-6-13-23(17-24)30-27(34)25(19-8-3-2-4-9-19)33-15-7-11-21(18-33)28-31-26(32-36-28)20-10-5-12-22(29)16-20/h2-6,8-10,12-14,16-17,21,25H,7,11,15,18H2,1H3,(H,30,34). The van der Waals surface area contributed by atoms with Crippen LogP contribution in [0.2, 0.25) is 0 Å². The monoisotopic (exact) mass is 486 g/mol. The molecule has 0 spiro atoms. The predicted molar refractivity (Wildman–Crippen MR) is 134 cm³/mol. The number of carbonyl (C=O) groups is 1. The summed E-state index contributed by atoms with van der Waals surface area (Å²) in [7, 11) is 1.60. The second kappa shape index (κ2) is 10.7. The zero-order chi connectivity index (χ0) is 24.9. The van der Waals surface area contributed by atoms with Crippen molar-refractivity contribution in [3.63, 3.8) is 0 Å². The fourth-order valence-corrected chi connectivity index (χ4v) is 4.66. The Hall–Kier alpha value is -4.04. The van der Waals surface area contributed by atoms with Crippen LogP contribution in [-0.4, -0.2) is 41.1 Å². The van der Waals surface area contributed by atoms with Gasteiger partial charge in [-0.1, -0.05) is 53.7 Å². The fourth-order valence-electron chi connectivity index (χ4n) is 4.66. The van der Waals surface area contributed by atoms with Gasteiger partial charge in [0.1, 0.15) is 17.6 Å². The first-order valence-corrected chi connectivity index (χ1v) is 11.9. The summed E-state index contributed by atoms with van der Waals surface area (Å²) < 4.78 is 24.5. The highest BCUT2D eigenvalue weighted by Gasteiger charge is 2.34. The van der Waals surface area contributed by atoms with Crippen LogP contribution in [0.25, 0.3) is 11.4 Å². The van der Waals surface area contributed by atoms with Gasteiger partial charge < -0.3 is 14.6 Å². The van der Waals surface area contributed by atoms with Crippen LogP contribution >= 0.6 is 0 Å². The number of hydrogen-bond donors (Lipinski definition) is 1. The van der Waals surface area contributed by atoms with Crippen molar-refractivity contribution in [1.29, 1.82) is 0 Å². The highest BCUT2D eigenvalue weighted by Crippen LogP contribution is 2.33. The largest absolute Gasteiger partial charge is 0.497 e. The van der Waals surface area contributed by atoms with Gasteiger partial charge in [0.2, 0.25) is 17.6 Å². The third-order valence-electron chi connectivity index (χ3n) is 6.39. The number of anilines is 1. The lowest BCUT2D eigenvalue weighted by atomic mass is 9.94. The highest BCUT2D eigenvalue weighted by molar-refractivity contribution is 5.95. The summed E-state index contributed by atoms with van der Waals surface area (Å²) in [6.07, 6.45) is 1.73. The maximum absolute atomic E-state index is 13.7. The molecule has 0 aliphatic carbocycles. The molecule has 7 nitrogen and oxygen atoms in total. The lowest BCUT2D eigenvalue weighted by molar-refractivity contribution is -0.122. The van der Waals surface area contributed by atoms with Crippen molar-refractivity contribution in [3.05, 3.63) is 96.1 Å². The molecule has 1 aliphatic heterocycles. The third-order valence-corrected chi connectivity index (χ3v) is 6.39. The Morgan fingerprint density at radius 2 is 1.94 bits per heavy atom. The number of nitrogens with zero attached hydrogens (tertiary/aromatic N) is 3. The minimum Gasteiger partial charge on any atom is -0.497 e. The number of hydrogen-bond acceptors (Lipinski definition) is 6. The summed E-state index contributed by atoms with van der Waals surface area (Å²) in [5.74, 6) is 1.02. The van der Waals surface area contributed by atoms with Crippen LogP contribution in [0.1, 0.15) is 36.3 Å². The quantitative estimate of drug-likeness (QED) is 0.375. The zero-order valence-corrected chi connectivity index (χ0v) is 19.9. The number of carbonyl (C=O) groups excluding carboxylic acids is 1. The first-order chi connectivity index (χ1) is 17.6. The summed E-state index contributed by atoms with van der Waals surface area (Å²) >= 11 is 0. The van der Waals surface area contributed by atoms with E-state index in [4.69, 9.17) is 9.26 Å². The van der Waals surface area contributed by atoms with E-state index in [2.05, 4.69) is 20.4 Å². The van der Waals surface area contributed by atoms with Crippen LogP contribution in [0.3, 0.4) is 0 Å². The number of aromatic nitrogens is 2. The minimum absolute atomic E-state index is 0.0376. The molecule has 5 rings (SSSR count). The molecule has 1 aromatic heterocycles. The third kappa shape index (κ3) is 5.28. The van der Waals surface area contributed by atoms with Gasteiger partial charge >= 0.3 is 0 Å². The Kier molecular flexibility index (Phi) is 7.04. The molecular weight excluding hydrogens is 459 g/mol. The Bertz CT molecular complexity index is 1330. The van der Waals surface area contributed by atoms with E-state index in [1.54, 1.807) is 25.3 Å². The van der Waals surface area contributed by atoms with Crippen molar-refractivity contribution in [2.45, 2.75) is 24.8 Å². The number of amides is 1. The molecule has 0 saturated carbocycles. The lowest BCUT2D eigenvalue weighted by Crippen LogP contribution is -2.42. The molecule has 1 amide bonds. The number of ether oxygens (including phenoxy) is 1. The van der Waals surface area contributed by atoms with E-state index in [9.17, 15) is 9.18 Å². The molecule has 184 valence electrons. The molecule has 4 aromatic rings. The molecule has 2 atom stereocenters. The van der Waals surface area contributed by atoms with Crippen LogP contribution in [0.4, 0.5) is 10.1 Å². The molecule has 1 aliphatic rings. The van der Waals surface area contributed by atoms with E-state index in [1.165, 1.54) is 12.1 Å². The van der Waals surface area contributed by atoms with Gasteiger partial charge in [-0.05, 0) is 49.2 Å². The summed E-state index contributed by atoms with van der Waals surface area (Å²) in [6, 6.07) is 22.7. The van der Waals surface area contributed by atoms with Crippen LogP contribution in [-0.2, 0) is 4.79 Å². The van der Waals surface area contributed by atoms with Gasteiger partial charge in [0.15, 0.2) is 0 Å². The second-order valence-corrected chi connectivity index (χ2v) is 8.84. The van der Waals surface area contributed by atoms with Gasteiger partial charge in [-0.15, -0.1) is 0 Å². The summed E-state index contributed by atoms with van der Waals surface area (Å²) in [5, 5.41) is 7.13. The van der Waals surface area contributed by atoms with Crippen molar-refractivity contribution in [3.8, 4) is 17.1 Å². The van der Waals surface area contributed by atoms with E-state index < -0.39 is 6.04 Å². The van der Waals surface area contributed by atoms with Gasteiger partial charge in [-0.3, -0.25) is 9.69 Å². The van der Waals surface area contributed by atoms with E-state index in [0.717, 1.165) is 24.9 Å². The van der Waals surface area contributed by atoms with Gasteiger partial charge in [0, 0.05) is 23.9 Å². The number of halogens is 1. The fraction of sp³-hybridized carbons (Fsp3) is 0.250. The van der Waals surface area contributed by atoms with Crippen molar-refractivity contribution in [1.82, 2.24) is 15.0 Å². The normalized spacial score (nSPS) is 16.9. The van der Waals surface area contributed by atoms with Crippen molar-refractivity contribution in [2.75, 3.05) is 25.5 Å². The van der Waals surface area contributed by atoms with E-state index in [0.29, 0.717) is 35.3 Å². The van der Waals surface area contributed by atoms with Crippen LogP contribution in [0.5, 0.6) is 5.75 Å². The van der Waals surface area contributed by atoms with Crippen LogP contribution in [0.15, 0.2) is 83.4 Å². The van der Waals surface area contributed by atoms with Gasteiger partial charge in [-0.2, -0.15) is 4.98 Å². The Morgan fingerprint density at radius 1 is 1.11 bits per heavy atom. The van der Waals surface area contributed by atoms with Gasteiger partial charge in [0.25, 0.3) is 0 Å². The van der Waals surface area contributed by atoms with E-state index >= 15 is 0 Å². The molecule has 0 bridgehead atoms. The first kappa shape index (κ1) is 23.7. The molecule has 2 heterocycles. The molecule has 3 aromatic carbocycles. The van der Waals surface area contributed by atoms with Crippen molar-refractivity contribution >= 4 is 11.6 Å². The van der Waals surface area contributed by atoms with Crippen molar-refractivity contribution in [2.24, 2.45) is 0 Å². The molecular formula is C28H27FN4O3.